The van der Waals surface area contributed by atoms with Gasteiger partial charge in [-0.2, -0.15) is 0 Å². The van der Waals surface area contributed by atoms with Gasteiger partial charge in [-0.15, -0.1) is 0 Å². The van der Waals surface area contributed by atoms with Crippen LogP contribution in [-0.4, -0.2) is 43.0 Å². The van der Waals surface area contributed by atoms with Gasteiger partial charge in [0.05, 0.1) is 0 Å². The molecule has 1 atom stereocenters. The van der Waals surface area contributed by atoms with Gasteiger partial charge < -0.3 is 16.0 Å². The average Bonchev–Trinajstić information content (AvgIpc) is 2.61. The molecule has 1 fully saturated rings. The second kappa shape index (κ2) is 7.57. The molecule has 0 saturated carbocycles. The predicted molar refractivity (Wildman–Crippen MR) is 94.5 cm³/mol. The number of carbonyl (C=O) groups is 1. The molecular formula is C19H25N3O. The Kier molecular flexibility index (Phi) is 5.26. The summed E-state index contributed by atoms with van der Waals surface area (Å²) in [6.45, 7) is 3.16. The summed E-state index contributed by atoms with van der Waals surface area (Å²) in [6.07, 6.45) is 3.25. The predicted octanol–water partition coefficient (Wildman–Crippen LogP) is 2.38. The fourth-order valence-corrected chi connectivity index (χ4v) is 3.32. The smallest absolute Gasteiger partial charge is 0.254 e. The molecule has 0 aliphatic carbocycles. The number of hydrogen-bond acceptors (Lipinski definition) is 3. The van der Waals surface area contributed by atoms with Crippen molar-refractivity contribution in [3.05, 3.63) is 48.0 Å². The fraction of sp³-hybridized carbons (Fsp3) is 0.421. The average molecular weight is 311 g/mol. The van der Waals surface area contributed by atoms with E-state index in [-0.39, 0.29) is 5.91 Å². The molecule has 0 unspecified atom stereocenters. The fourth-order valence-electron chi connectivity index (χ4n) is 3.32. The maximum absolute atomic E-state index is 13.0. The standard InChI is InChI=1S/C19H25N3O/c20-11-4-3-8-16-14-22(13-12-21-16)19(23)18-10-5-7-15-6-1-2-9-17(15)18/h1-2,5-7,9-10,16,21H,3-4,8,11-14,20H2/t16-/m0/s1. The molecule has 4 heteroatoms. The van der Waals surface area contributed by atoms with Crippen LogP contribution in [0.5, 0.6) is 0 Å². The Labute approximate surface area is 137 Å². The van der Waals surface area contributed by atoms with Gasteiger partial charge in [0.1, 0.15) is 0 Å². The molecular weight excluding hydrogens is 286 g/mol. The molecule has 0 spiro atoms. The minimum absolute atomic E-state index is 0.145. The van der Waals surface area contributed by atoms with Gasteiger partial charge in [0, 0.05) is 31.2 Å². The topological polar surface area (TPSA) is 58.4 Å². The van der Waals surface area contributed by atoms with Crippen molar-refractivity contribution in [1.29, 1.82) is 0 Å². The maximum Gasteiger partial charge on any atom is 0.254 e. The molecule has 0 bridgehead atoms. The number of fused-ring (bicyclic) bond motifs is 1. The minimum Gasteiger partial charge on any atom is -0.336 e. The zero-order valence-corrected chi connectivity index (χ0v) is 13.5. The van der Waals surface area contributed by atoms with Gasteiger partial charge in [-0.1, -0.05) is 42.8 Å². The number of unbranched alkanes of at least 4 members (excludes halogenated alkanes) is 1. The summed E-state index contributed by atoms with van der Waals surface area (Å²) >= 11 is 0. The van der Waals surface area contributed by atoms with Crippen molar-refractivity contribution in [3.8, 4) is 0 Å². The summed E-state index contributed by atoms with van der Waals surface area (Å²) in [4.78, 5) is 15.0. The molecule has 3 rings (SSSR count). The molecule has 0 radical (unpaired) electrons. The largest absolute Gasteiger partial charge is 0.336 e. The van der Waals surface area contributed by atoms with E-state index in [0.29, 0.717) is 6.04 Å². The van der Waals surface area contributed by atoms with Crippen LogP contribution in [0.3, 0.4) is 0 Å². The van der Waals surface area contributed by atoms with Gasteiger partial charge in [0.15, 0.2) is 0 Å². The van der Waals surface area contributed by atoms with Crippen molar-refractivity contribution in [2.45, 2.75) is 25.3 Å². The van der Waals surface area contributed by atoms with Crippen LogP contribution in [-0.2, 0) is 0 Å². The van der Waals surface area contributed by atoms with E-state index >= 15 is 0 Å². The van der Waals surface area contributed by atoms with Crippen LogP contribution in [0.2, 0.25) is 0 Å². The third kappa shape index (κ3) is 3.71. The molecule has 1 heterocycles. The first-order valence-corrected chi connectivity index (χ1v) is 8.50. The number of nitrogens with two attached hydrogens (primary N) is 1. The SMILES string of the molecule is NCCCC[C@H]1CN(C(=O)c2cccc3ccccc23)CCN1. The summed E-state index contributed by atoms with van der Waals surface area (Å²) in [5, 5.41) is 5.68. The molecule has 122 valence electrons. The highest BCUT2D eigenvalue weighted by Crippen LogP contribution is 2.21. The molecule has 23 heavy (non-hydrogen) atoms. The quantitative estimate of drug-likeness (QED) is 0.834. The van der Waals surface area contributed by atoms with E-state index in [1.165, 1.54) is 0 Å². The van der Waals surface area contributed by atoms with Crippen molar-refractivity contribution in [3.63, 3.8) is 0 Å². The number of nitrogens with one attached hydrogen (secondary N) is 1. The Bertz CT molecular complexity index is 665. The van der Waals surface area contributed by atoms with E-state index in [9.17, 15) is 4.79 Å². The molecule has 0 aromatic heterocycles. The summed E-state index contributed by atoms with van der Waals surface area (Å²) in [5.74, 6) is 0.145. The third-order valence-electron chi connectivity index (χ3n) is 4.57. The molecule has 1 amide bonds. The summed E-state index contributed by atoms with van der Waals surface area (Å²) in [6, 6.07) is 14.4. The summed E-state index contributed by atoms with van der Waals surface area (Å²) < 4.78 is 0. The second-order valence-electron chi connectivity index (χ2n) is 6.21. The first kappa shape index (κ1) is 16.0. The molecule has 4 nitrogen and oxygen atoms in total. The summed E-state index contributed by atoms with van der Waals surface area (Å²) in [5.41, 5.74) is 6.37. The van der Waals surface area contributed by atoms with Crippen LogP contribution >= 0.6 is 0 Å². The Balaban J connectivity index is 1.74. The van der Waals surface area contributed by atoms with Crippen molar-refractivity contribution >= 4 is 16.7 Å². The lowest BCUT2D eigenvalue weighted by atomic mass is 10.0. The Morgan fingerprint density at radius 2 is 2.00 bits per heavy atom. The molecule has 1 aliphatic heterocycles. The molecule has 2 aromatic carbocycles. The molecule has 1 aliphatic rings. The Morgan fingerprint density at radius 1 is 1.17 bits per heavy atom. The van der Waals surface area contributed by atoms with Gasteiger partial charge in [-0.05, 0) is 36.2 Å². The normalized spacial score (nSPS) is 18.3. The molecule has 2 aromatic rings. The van der Waals surface area contributed by atoms with E-state index in [2.05, 4.69) is 17.4 Å². The van der Waals surface area contributed by atoms with Crippen molar-refractivity contribution < 1.29 is 4.79 Å². The van der Waals surface area contributed by atoms with E-state index in [4.69, 9.17) is 5.73 Å². The number of carbonyl (C=O) groups excluding carboxylic acids is 1. The van der Waals surface area contributed by atoms with Gasteiger partial charge >= 0.3 is 0 Å². The minimum atomic E-state index is 0.145. The lowest BCUT2D eigenvalue weighted by Gasteiger charge is -2.34. The van der Waals surface area contributed by atoms with E-state index in [1.807, 2.05) is 35.2 Å². The number of hydrogen-bond donors (Lipinski definition) is 2. The van der Waals surface area contributed by atoms with Gasteiger partial charge in [-0.25, -0.2) is 0 Å². The van der Waals surface area contributed by atoms with Crippen molar-refractivity contribution in [1.82, 2.24) is 10.2 Å². The highest BCUT2D eigenvalue weighted by molar-refractivity contribution is 6.07. The van der Waals surface area contributed by atoms with Crippen LogP contribution in [0.15, 0.2) is 42.5 Å². The van der Waals surface area contributed by atoms with Crippen molar-refractivity contribution in [2.24, 2.45) is 5.73 Å². The zero-order chi connectivity index (χ0) is 16.1. The first-order valence-electron chi connectivity index (χ1n) is 8.50. The maximum atomic E-state index is 13.0. The van der Waals surface area contributed by atoms with E-state index < -0.39 is 0 Å². The molecule has 3 N–H and O–H groups in total. The number of nitrogens with zero attached hydrogens (tertiary/aromatic N) is 1. The Morgan fingerprint density at radius 3 is 2.87 bits per heavy atom. The van der Waals surface area contributed by atoms with Gasteiger partial charge in [0.25, 0.3) is 5.91 Å². The number of piperazine rings is 1. The van der Waals surface area contributed by atoms with Crippen LogP contribution in [0.1, 0.15) is 29.6 Å². The van der Waals surface area contributed by atoms with E-state index in [0.717, 1.165) is 61.8 Å². The van der Waals surface area contributed by atoms with Gasteiger partial charge in [-0.3, -0.25) is 4.79 Å². The van der Waals surface area contributed by atoms with Crippen LogP contribution in [0.25, 0.3) is 10.8 Å². The number of rotatable bonds is 5. The molecule has 1 saturated heterocycles. The second-order valence-corrected chi connectivity index (χ2v) is 6.21. The van der Waals surface area contributed by atoms with Crippen LogP contribution in [0.4, 0.5) is 0 Å². The van der Waals surface area contributed by atoms with E-state index in [1.54, 1.807) is 0 Å². The first-order chi connectivity index (χ1) is 11.3. The Hall–Kier alpha value is -1.91. The third-order valence-corrected chi connectivity index (χ3v) is 4.57. The number of benzene rings is 2. The summed E-state index contributed by atoms with van der Waals surface area (Å²) in [7, 11) is 0. The zero-order valence-electron chi connectivity index (χ0n) is 13.5. The van der Waals surface area contributed by atoms with Gasteiger partial charge in [0.2, 0.25) is 0 Å². The van der Waals surface area contributed by atoms with Crippen LogP contribution < -0.4 is 11.1 Å². The number of amides is 1. The highest BCUT2D eigenvalue weighted by Gasteiger charge is 2.24. The highest BCUT2D eigenvalue weighted by atomic mass is 16.2. The van der Waals surface area contributed by atoms with Crippen LogP contribution in [0, 0.1) is 0 Å². The lowest BCUT2D eigenvalue weighted by molar-refractivity contribution is 0.0700. The van der Waals surface area contributed by atoms with Crippen molar-refractivity contribution in [2.75, 3.05) is 26.2 Å². The monoisotopic (exact) mass is 311 g/mol. The lowest BCUT2D eigenvalue weighted by Crippen LogP contribution is -2.52.